The molecule has 1 N–H and O–H groups in total. The van der Waals surface area contributed by atoms with Gasteiger partial charge in [0.25, 0.3) is 0 Å². The zero-order valence-corrected chi connectivity index (χ0v) is 11.2. The van der Waals surface area contributed by atoms with Crippen LogP contribution in [0.25, 0.3) is 0 Å². The summed E-state index contributed by atoms with van der Waals surface area (Å²) in [5.41, 5.74) is 1.55. The van der Waals surface area contributed by atoms with Crippen LogP contribution in [0.1, 0.15) is 44.6 Å². The molecule has 0 aliphatic heterocycles. The fraction of sp³-hybridized carbons (Fsp3) is 0.625. The molecule has 0 heterocycles. The Kier molecular flexibility index (Phi) is 4.61. The van der Waals surface area contributed by atoms with Crippen molar-refractivity contribution >= 4 is 0 Å². The van der Waals surface area contributed by atoms with Crippen LogP contribution in [0.2, 0.25) is 0 Å². The number of hydrogen-bond acceptors (Lipinski definition) is 1. The summed E-state index contributed by atoms with van der Waals surface area (Å²) in [5, 5.41) is 3.58. The second kappa shape index (κ2) is 6.20. The van der Waals surface area contributed by atoms with Crippen LogP contribution >= 0.6 is 0 Å². The van der Waals surface area contributed by atoms with Crippen molar-refractivity contribution in [1.29, 1.82) is 0 Å². The van der Waals surface area contributed by atoms with E-state index in [0.717, 1.165) is 17.8 Å². The molecule has 0 saturated heterocycles. The van der Waals surface area contributed by atoms with Gasteiger partial charge in [-0.25, -0.2) is 0 Å². The highest BCUT2D eigenvalue weighted by molar-refractivity contribution is 5.26. The smallest absolute Gasteiger partial charge is 0.00177 e. The highest BCUT2D eigenvalue weighted by Gasteiger charge is 2.42. The molecule has 3 atom stereocenters. The van der Waals surface area contributed by atoms with Gasteiger partial charge in [-0.15, -0.1) is 0 Å². The predicted molar refractivity (Wildman–Crippen MR) is 74.2 cm³/mol. The third-order valence-corrected chi connectivity index (χ3v) is 4.03. The van der Waals surface area contributed by atoms with E-state index in [2.05, 4.69) is 49.5 Å². The minimum Gasteiger partial charge on any atom is -0.316 e. The Hall–Kier alpha value is -0.820. The van der Waals surface area contributed by atoms with Crippen molar-refractivity contribution in [1.82, 2.24) is 5.32 Å². The lowest BCUT2D eigenvalue weighted by Gasteiger charge is -2.15. The van der Waals surface area contributed by atoms with Crippen molar-refractivity contribution in [3.8, 4) is 0 Å². The van der Waals surface area contributed by atoms with Gasteiger partial charge in [-0.3, -0.25) is 0 Å². The van der Waals surface area contributed by atoms with Crippen molar-refractivity contribution in [2.75, 3.05) is 13.1 Å². The Morgan fingerprint density at radius 3 is 2.65 bits per heavy atom. The van der Waals surface area contributed by atoms with Crippen LogP contribution in [-0.2, 0) is 0 Å². The van der Waals surface area contributed by atoms with Crippen LogP contribution in [0.4, 0.5) is 0 Å². The lowest BCUT2D eigenvalue weighted by atomic mass is 9.96. The van der Waals surface area contributed by atoms with E-state index in [0.29, 0.717) is 0 Å². The maximum atomic E-state index is 3.58. The van der Waals surface area contributed by atoms with E-state index in [4.69, 9.17) is 0 Å². The molecule has 1 fully saturated rings. The van der Waals surface area contributed by atoms with Crippen molar-refractivity contribution in [2.24, 2.45) is 11.8 Å². The van der Waals surface area contributed by atoms with Gasteiger partial charge in [0.1, 0.15) is 0 Å². The lowest BCUT2D eigenvalue weighted by molar-refractivity contribution is 0.407. The SMILES string of the molecule is CCCNCC(CC)C1CC1c1ccccc1. The Bertz CT molecular complexity index is 320. The van der Waals surface area contributed by atoms with Gasteiger partial charge in [-0.1, -0.05) is 50.6 Å². The molecular weight excluding hydrogens is 206 g/mol. The summed E-state index contributed by atoms with van der Waals surface area (Å²) in [6.45, 7) is 6.94. The fourth-order valence-electron chi connectivity index (χ4n) is 2.88. The summed E-state index contributed by atoms with van der Waals surface area (Å²) < 4.78 is 0. The second-order valence-corrected chi connectivity index (χ2v) is 5.29. The molecule has 2 rings (SSSR count). The van der Waals surface area contributed by atoms with E-state index in [-0.39, 0.29) is 0 Å². The van der Waals surface area contributed by atoms with Crippen LogP contribution in [0.15, 0.2) is 30.3 Å². The molecule has 0 bridgehead atoms. The molecule has 1 aliphatic carbocycles. The van der Waals surface area contributed by atoms with E-state index in [1.54, 1.807) is 5.56 Å². The van der Waals surface area contributed by atoms with E-state index in [1.165, 1.54) is 32.4 Å². The molecule has 0 aromatic heterocycles. The first-order valence-electron chi connectivity index (χ1n) is 7.12. The predicted octanol–water partition coefficient (Wildman–Crippen LogP) is 3.82. The molecule has 1 aliphatic rings. The number of rotatable bonds is 7. The standard InChI is InChI=1S/C16H25N/c1-3-10-17-12-13(4-2)15-11-16(15)14-8-6-5-7-9-14/h5-9,13,15-17H,3-4,10-12H2,1-2H3. The average molecular weight is 231 g/mol. The van der Waals surface area contributed by atoms with Crippen molar-refractivity contribution in [2.45, 2.75) is 39.0 Å². The Balaban J connectivity index is 1.83. The van der Waals surface area contributed by atoms with Crippen LogP contribution in [0.3, 0.4) is 0 Å². The quantitative estimate of drug-likeness (QED) is 0.704. The Morgan fingerprint density at radius 1 is 1.24 bits per heavy atom. The van der Waals surface area contributed by atoms with E-state index in [1.807, 2.05) is 0 Å². The summed E-state index contributed by atoms with van der Waals surface area (Å²) in [6, 6.07) is 11.0. The van der Waals surface area contributed by atoms with E-state index in [9.17, 15) is 0 Å². The van der Waals surface area contributed by atoms with Crippen molar-refractivity contribution < 1.29 is 0 Å². The van der Waals surface area contributed by atoms with Crippen molar-refractivity contribution in [3.63, 3.8) is 0 Å². The Morgan fingerprint density at radius 2 is 2.00 bits per heavy atom. The molecule has 1 aromatic carbocycles. The van der Waals surface area contributed by atoms with Gasteiger partial charge in [0.2, 0.25) is 0 Å². The molecule has 3 unspecified atom stereocenters. The number of hydrogen-bond donors (Lipinski definition) is 1. The summed E-state index contributed by atoms with van der Waals surface area (Å²) in [5.74, 6) is 2.63. The number of nitrogens with one attached hydrogen (secondary N) is 1. The Labute approximate surface area is 106 Å². The third-order valence-electron chi connectivity index (χ3n) is 4.03. The number of benzene rings is 1. The van der Waals surface area contributed by atoms with E-state index >= 15 is 0 Å². The molecule has 1 heteroatoms. The van der Waals surface area contributed by atoms with Gasteiger partial charge in [0.05, 0.1) is 0 Å². The van der Waals surface area contributed by atoms with Crippen LogP contribution < -0.4 is 5.32 Å². The van der Waals surface area contributed by atoms with Gasteiger partial charge in [0.15, 0.2) is 0 Å². The maximum absolute atomic E-state index is 3.58. The molecule has 0 radical (unpaired) electrons. The normalized spacial score (nSPS) is 24.6. The van der Waals surface area contributed by atoms with Crippen LogP contribution in [-0.4, -0.2) is 13.1 Å². The molecule has 1 saturated carbocycles. The van der Waals surface area contributed by atoms with Gasteiger partial charge in [-0.2, -0.15) is 0 Å². The summed E-state index contributed by atoms with van der Waals surface area (Å²) in [7, 11) is 0. The molecule has 94 valence electrons. The molecule has 0 spiro atoms. The molecule has 17 heavy (non-hydrogen) atoms. The molecule has 0 amide bonds. The van der Waals surface area contributed by atoms with E-state index < -0.39 is 0 Å². The topological polar surface area (TPSA) is 12.0 Å². The van der Waals surface area contributed by atoms with Crippen LogP contribution in [0, 0.1) is 11.8 Å². The highest BCUT2D eigenvalue weighted by Crippen LogP contribution is 2.52. The van der Waals surface area contributed by atoms with Gasteiger partial charge in [-0.05, 0) is 49.2 Å². The summed E-state index contributed by atoms with van der Waals surface area (Å²) >= 11 is 0. The zero-order chi connectivity index (χ0) is 12.1. The minimum absolute atomic E-state index is 0.838. The zero-order valence-electron chi connectivity index (χ0n) is 11.2. The first-order chi connectivity index (χ1) is 8.36. The average Bonchev–Trinajstić information content (AvgIpc) is 3.16. The maximum Gasteiger partial charge on any atom is -0.00177 e. The fourth-order valence-corrected chi connectivity index (χ4v) is 2.88. The first kappa shape index (κ1) is 12.6. The third kappa shape index (κ3) is 3.32. The van der Waals surface area contributed by atoms with Gasteiger partial charge in [0, 0.05) is 0 Å². The second-order valence-electron chi connectivity index (χ2n) is 5.29. The summed E-state index contributed by atoms with van der Waals surface area (Å²) in [6.07, 6.45) is 3.95. The monoisotopic (exact) mass is 231 g/mol. The highest BCUT2D eigenvalue weighted by atomic mass is 14.9. The largest absolute Gasteiger partial charge is 0.316 e. The first-order valence-corrected chi connectivity index (χ1v) is 7.12. The van der Waals surface area contributed by atoms with Gasteiger partial charge < -0.3 is 5.32 Å². The van der Waals surface area contributed by atoms with Crippen molar-refractivity contribution in [3.05, 3.63) is 35.9 Å². The van der Waals surface area contributed by atoms with Crippen LogP contribution in [0.5, 0.6) is 0 Å². The molecule has 1 nitrogen and oxygen atoms in total. The minimum atomic E-state index is 0.838. The lowest BCUT2D eigenvalue weighted by Crippen LogP contribution is -2.24. The summed E-state index contributed by atoms with van der Waals surface area (Å²) in [4.78, 5) is 0. The molecule has 1 aromatic rings. The molecular formula is C16H25N. The van der Waals surface area contributed by atoms with Gasteiger partial charge >= 0.3 is 0 Å².